The van der Waals surface area contributed by atoms with Crippen molar-refractivity contribution < 1.29 is 9.90 Å². The van der Waals surface area contributed by atoms with E-state index in [1.165, 1.54) is 0 Å². The number of aliphatic hydroxyl groups excluding tert-OH is 1. The number of nitrogens with one attached hydrogen (secondary N) is 1. The molecule has 1 saturated heterocycles. The van der Waals surface area contributed by atoms with Gasteiger partial charge < -0.3 is 15.3 Å². The Morgan fingerprint density at radius 1 is 1.47 bits per heavy atom. The summed E-state index contributed by atoms with van der Waals surface area (Å²) >= 11 is 11.8. The summed E-state index contributed by atoms with van der Waals surface area (Å²) in [4.78, 5) is 13.8. The Balaban J connectivity index is 1.98. The fourth-order valence-corrected chi connectivity index (χ4v) is 2.48. The summed E-state index contributed by atoms with van der Waals surface area (Å²) in [5.74, 6) is -0.0253. The standard InChI is InChI=1S/C13H16Cl2N2O2/c1-17(13(19)12-5-9(18)6-16-12)7-8-2-3-10(14)11(15)4-8/h2-4,9,12,16,18H,5-7H2,1H3/t9-,12+/m1/s1. The number of aliphatic hydroxyl groups is 1. The maximum Gasteiger partial charge on any atom is 0.239 e. The fourth-order valence-electron chi connectivity index (χ4n) is 2.16. The summed E-state index contributed by atoms with van der Waals surface area (Å²) in [7, 11) is 1.73. The molecule has 0 saturated carbocycles. The monoisotopic (exact) mass is 302 g/mol. The van der Waals surface area contributed by atoms with E-state index in [-0.39, 0.29) is 11.9 Å². The van der Waals surface area contributed by atoms with Gasteiger partial charge in [-0.05, 0) is 24.1 Å². The van der Waals surface area contributed by atoms with E-state index < -0.39 is 6.10 Å². The highest BCUT2D eigenvalue weighted by Gasteiger charge is 2.29. The van der Waals surface area contributed by atoms with Gasteiger partial charge in [0.05, 0.1) is 22.2 Å². The van der Waals surface area contributed by atoms with Crippen LogP contribution in [0.4, 0.5) is 0 Å². The molecule has 1 aliphatic heterocycles. The van der Waals surface area contributed by atoms with E-state index in [2.05, 4.69) is 5.32 Å². The van der Waals surface area contributed by atoms with E-state index in [1.54, 1.807) is 24.1 Å². The van der Waals surface area contributed by atoms with Gasteiger partial charge in [-0.2, -0.15) is 0 Å². The highest BCUT2D eigenvalue weighted by molar-refractivity contribution is 6.42. The molecular formula is C13H16Cl2N2O2. The van der Waals surface area contributed by atoms with E-state index >= 15 is 0 Å². The number of hydrogen-bond donors (Lipinski definition) is 2. The lowest BCUT2D eigenvalue weighted by Crippen LogP contribution is -2.41. The van der Waals surface area contributed by atoms with Gasteiger partial charge in [0.25, 0.3) is 0 Å². The summed E-state index contributed by atoms with van der Waals surface area (Å²) in [6.07, 6.45) is 0.0252. The Morgan fingerprint density at radius 3 is 2.79 bits per heavy atom. The molecule has 0 aliphatic carbocycles. The molecule has 0 aromatic heterocycles. The number of benzene rings is 1. The van der Waals surface area contributed by atoms with Crippen molar-refractivity contribution in [2.24, 2.45) is 0 Å². The predicted octanol–water partition coefficient (Wildman–Crippen LogP) is 1.67. The first-order valence-electron chi connectivity index (χ1n) is 6.07. The van der Waals surface area contributed by atoms with Crippen LogP contribution in [0.5, 0.6) is 0 Å². The molecule has 0 spiro atoms. The van der Waals surface area contributed by atoms with Crippen LogP contribution < -0.4 is 5.32 Å². The molecule has 1 fully saturated rings. The van der Waals surface area contributed by atoms with Crippen molar-refractivity contribution in [1.82, 2.24) is 10.2 Å². The molecule has 1 aliphatic rings. The van der Waals surface area contributed by atoms with Crippen LogP contribution in [0.25, 0.3) is 0 Å². The van der Waals surface area contributed by atoms with Gasteiger partial charge in [0.15, 0.2) is 0 Å². The molecule has 0 bridgehead atoms. The van der Waals surface area contributed by atoms with Crippen molar-refractivity contribution in [3.8, 4) is 0 Å². The molecule has 104 valence electrons. The second-order valence-corrected chi connectivity index (χ2v) is 5.61. The summed E-state index contributed by atoms with van der Waals surface area (Å²) < 4.78 is 0. The van der Waals surface area contributed by atoms with Crippen LogP contribution >= 0.6 is 23.2 Å². The minimum Gasteiger partial charge on any atom is -0.392 e. The number of β-amino-alcohol motifs (C(OH)–C–C–N with tert-alkyl or cyclic N) is 1. The molecular weight excluding hydrogens is 287 g/mol. The zero-order chi connectivity index (χ0) is 14.0. The first-order valence-corrected chi connectivity index (χ1v) is 6.83. The van der Waals surface area contributed by atoms with E-state index in [1.807, 2.05) is 6.07 Å². The van der Waals surface area contributed by atoms with E-state index in [0.717, 1.165) is 5.56 Å². The highest BCUT2D eigenvalue weighted by Crippen LogP contribution is 2.23. The molecule has 2 atom stereocenters. The molecule has 1 amide bonds. The molecule has 1 heterocycles. The highest BCUT2D eigenvalue weighted by atomic mass is 35.5. The first-order chi connectivity index (χ1) is 8.97. The molecule has 0 radical (unpaired) electrons. The molecule has 4 nitrogen and oxygen atoms in total. The van der Waals surface area contributed by atoms with Gasteiger partial charge in [-0.1, -0.05) is 29.3 Å². The Bertz CT molecular complexity index is 482. The van der Waals surface area contributed by atoms with Crippen LogP contribution in [-0.4, -0.2) is 41.7 Å². The molecule has 19 heavy (non-hydrogen) atoms. The van der Waals surface area contributed by atoms with Crippen molar-refractivity contribution >= 4 is 29.1 Å². The van der Waals surface area contributed by atoms with Gasteiger partial charge >= 0.3 is 0 Å². The fraction of sp³-hybridized carbons (Fsp3) is 0.462. The largest absolute Gasteiger partial charge is 0.392 e. The quantitative estimate of drug-likeness (QED) is 0.893. The van der Waals surface area contributed by atoms with Gasteiger partial charge in [0, 0.05) is 20.1 Å². The van der Waals surface area contributed by atoms with Crippen molar-refractivity contribution in [1.29, 1.82) is 0 Å². The Labute approximate surface area is 122 Å². The van der Waals surface area contributed by atoms with Gasteiger partial charge in [-0.15, -0.1) is 0 Å². The third kappa shape index (κ3) is 3.60. The Kier molecular flexibility index (Phi) is 4.68. The average molecular weight is 303 g/mol. The summed E-state index contributed by atoms with van der Waals surface area (Å²) in [5.41, 5.74) is 0.920. The molecule has 0 unspecified atom stereocenters. The Morgan fingerprint density at radius 2 is 2.21 bits per heavy atom. The van der Waals surface area contributed by atoms with Crippen molar-refractivity contribution in [2.45, 2.75) is 25.1 Å². The van der Waals surface area contributed by atoms with E-state index in [0.29, 0.717) is 29.6 Å². The van der Waals surface area contributed by atoms with Crippen LogP contribution in [0, 0.1) is 0 Å². The third-order valence-electron chi connectivity index (χ3n) is 3.19. The van der Waals surface area contributed by atoms with Gasteiger partial charge in [0.2, 0.25) is 5.91 Å². The number of carbonyl (C=O) groups excluding carboxylic acids is 1. The number of likely N-dealkylation sites (N-methyl/N-ethyl adjacent to an activating group) is 1. The van der Waals surface area contributed by atoms with E-state index in [9.17, 15) is 9.90 Å². The Hall–Kier alpha value is -0.810. The smallest absolute Gasteiger partial charge is 0.239 e. The average Bonchev–Trinajstić information content (AvgIpc) is 2.79. The summed E-state index contributed by atoms with van der Waals surface area (Å²) in [5, 5.41) is 13.4. The number of carbonyl (C=O) groups is 1. The molecule has 2 rings (SSSR count). The number of rotatable bonds is 3. The zero-order valence-electron chi connectivity index (χ0n) is 10.6. The number of nitrogens with zero attached hydrogens (tertiary/aromatic N) is 1. The lowest BCUT2D eigenvalue weighted by molar-refractivity contribution is -0.132. The SMILES string of the molecule is CN(Cc1ccc(Cl)c(Cl)c1)C(=O)[C@@H]1C[C@@H](O)CN1. The maximum atomic E-state index is 12.1. The summed E-state index contributed by atoms with van der Waals surface area (Å²) in [6, 6.07) is 5.01. The third-order valence-corrected chi connectivity index (χ3v) is 3.92. The molecule has 1 aromatic carbocycles. The molecule has 6 heteroatoms. The van der Waals surface area contributed by atoms with Crippen LogP contribution in [0.15, 0.2) is 18.2 Å². The van der Waals surface area contributed by atoms with Crippen molar-refractivity contribution in [3.05, 3.63) is 33.8 Å². The van der Waals surface area contributed by atoms with Crippen LogP contribution in [0.1, 0.15) is 12.0 Å². The normalized spacial score (nSPS) is 22.5. The van der Waals surface area contributed by atoms with Gasteiger partial charge in [0.1, 0.15) is 0 Å². The van der Waals surface area contributed by atoms with Crippen LogP contribution in [0.2, 0.25) is 10.0 Å². The second kappa shape index (κ2) is 6.09. The topological polar surface area (TPSA) is 52.6 Å². The first kappa shape index (κ1) is 14.6. The number of halogens is 2. The van der Waals surface area contributed by atoms with E-state index in [4.69, 9.17) is 23.2 Å². The van der Waals surface area contributed by atoms with Crippen molar-refractivity contribution in [2.75, 3.05) is 13.6 Å². The van der Waals surface area contributed by atoms with Gasteiger partial charge in [-0.25, -0.2) is 0 Å². The lowest BCUT2D eigenvalue weighted by Gasteiger charge is -2.21. The number of hydrogen-bond acceptors (Lipinski definition) is 3. The summed E-state index contributed by atoms with van der Waals surface area (Å²) in [6.45, 7) is 0.932. The minimum absolute atomic E-state index is 0.0253. The van der Waals surface area contributed by atoms with Crippen molar-refractivity contribution in [3.63, 3.8) is 0 Å². The van der Waals surface area contributed by atoms with Crippen LogP contribution in [-0.2, 0) is 11.3 Å². The minimum atomic E-state index is -0.438. The zero-order valence-corrected chi connectivity index (χ0v) is 12.1. The maximum absolute atomic E-state index is 12.1. The predicted molar refractivity (Wildman–Crippen MR) is 75.4 cm³/mol. The molecule has 1 aromatic rings. The van der Waals surface area contributed by atoms with Crippen LogP contribution in [0.3, 0.4) is 0 Å². The molecule has 2 N–H and O–H groups in total. The van der Waals surface area contributed by atoms with Gasteiger partial charge in [-0.3, -0.25) is 4.79 Å². The number of amides is 1. The second-order valence-electron chi connectivity index (χ2n) is 4.79. The lowest BCUT2D eigenvalue weighted by atomic mass is 10.1.